The van der Waals surface area contributed by atoms with Crippen molar-refractivity contribution in [2.45, 2.75) is 31.7 Å². The Hall–Kier alpha value is -3.28. The summed E-state index contributed by atoms with van der Waals surface area (Å²) in [6, 6.07) is 13.5. The fourth-order valence-electron chi connectivity index (χ4n) is 4.02. The van der Waals surface area contributed by atoms with Crippen molar-refractivity contribution >= 4 is 39.5 Å². The molecule has 2 aromatic carbocycles. The van der Waals surface area contributed by atoms with Gasteiger partial charge in [0.2, 0.25) is 0 Å². The smallest absolute Gasteiger partial charge is 0.326 e. The number of para-hydroxylation sites is 2. The molecule has 6 nitrogen and oxygen atoms in total. The maximum absolute atomic E-state index is 13.2. The third kappa shape index (κ3) is 3.33. The van der Waals surface area contributed by atoms with E-state index in [-0.39, 0.29) is 18.1 Å². The Kier molecular flexibility index (Phi) is 4.77. The van der Waals surface area contributed by atoms with Gasteiger partial charge in [-0.1, -0.05) is 36.4 Å². The van der Waals surface area contributed by atoms with Crippen molar-refractivity contribution in [3.8, 4) is 0 Å². The highest BCUT2D eigenvalue weighted by molar-refractivity contribution is 6.16. The fourth-order valence-corrected chi connectivity index (χ4v) is 4.02. The van der Waals surface area contributed by atoms with E-state index in [1.54, 1.807) is 0 Å². The third-order valence-electron chi connectivity index (χ3n) is 5.36. The maximum Gasteiger partial charge on any atom is 0.326 e. The summed E-state index contributed by atoms with van der Waals surface area (Å²) in [7, 11) is 0. The van der Waals surface area contributed by atoms with Gasteiger partial charge < -0.3 is 10.4 Å². The first-order valence-corrected chi connectivity index (χ1v) is 9.37. The summed E-state index contributed by atoms with van der Waals surface area (Å²) in [6.45, 7) is 0. The lowest BCUT2D eigenvalue weighted by Crippen LogP contribution is -2.47. The number of nitrogens with zero attached hydrogens (tertiary/aromatic N) is 1. The number of carbonyl (C=O) groups excluding carboxylic acids is 2. The van der Waals surface area contributed by atoms with Crippen LogP contribution in [0, 0.1) is 5.92 Å². The van der Waals surface area contributed by atoms with E-state index in [4.69, 9.17) is 0 Å². The number of ketones is 1. The molecule has 1 amide bonds. The largest absolute Gasteiger partial charge is 0.480 e. The van der Waals surface area contributed by atoms with E-state index in [0.717, 1.165) is 0 Å². The number of Topliss-reactive ketones (excluding diaryl/α,β-unsaturated/α-hetero) is 1. The Labute approximate surface area is 161 Å². The van der Waals surface area contributed by atoms with Crippen molar-refractivity contribution < 1.29 is 19.5 Å². The molecule has 3 aromatic rings. The molecule has 0 saturated heterocycles. The Morgan fingerprint density at radius 3 is 2.21 bits per heavy atom. The Bertz CT molecular complexity index is 1040. The van der Waals surface area contributed by atoms with Crippen LogP contribution in [0.2, 0.25) is 0 Å². The molecule has 28 heavy (non-hydrogen) atoms. The highest BCUT2D eigenvalue weighted by atomic mass is 16.4. The van der Waals surface area contributed by atoms with E-state index >= 15 is 0 Å². The quantitative estimate of drug-likeness (QED) is 0.681. The number of carbonyl (C=O) groups is 3. The molecule has 2 N–H and O–H groups in total. The molecule has 0 spiro atoms. The second kappa shape index (κ2) is 7.38. The molecular formula is C22H20N2O4. The predicted octanol–water partition coefficient (Wildman–Crippen LogP) is 3.33. The fraction of sp³-hybridized carbons (Fsp3) is 0.273. The zero-order valence-electron chi connectivity index (χ0n) is 15.2. The summed E-state index contributed by atoms with van der Waals surface area (Å²) in [6.07, 6.45) is 1.94. The van der Waals surface area contributed by atoms with Crippen molar-refractivity contribution in [1.82, 2.24) is 10.3 Å². The second-order valence-corrected chi connectivity index (χ2v) is 7.21. The summed E-state index contributed by atoms with van der Waals surface area (Å²) < 4.78 is 0. The lowest BCUT2D eigenvalue weighted by Gasteiger charge is -2.27. The van der Waals surface area contributed by atoms with E-state index in [2.05, 4.69) is 10.3 Å². The van der Waals surface area contributed by atoms with Gasteiger partial charge in [-0.15, -0.1) is 0 Å². The van der Waals surface area contributed by atoms with Crippen molar-refractivity contribution in [3.63, 3.8) is 0 Å². The molecule has 0 aliphatic heterocycles. The third-order valence-corrected chi connectivity index (χ3v) is 5.36. The lowest BCUT2D eigenvalue weighted by molar-refractivity contribution is -0.141. The van der Waals surface area contributed by atoms with E-state index in [1.165, 1.54) is 0 Å². The van der Waals surface area contributed by atoms with Gasteiger partial charge in [-0.05, 0) is 30.9 Å². The minimum Gasteiger partial charge on any atom is -0.480 e. The Balaban J connectivity index is 1.76. The summed E-state index contributed by atoms with van der Waals surface area (Å²) in [4.78, 5) is 41.5. The monoisotopic (exact) mass is 376 g/mol. The number of aromatic nitrogens is 1. The van der Waals surface area contributed by atoms with Gasteiger partial charge in [-0.3, -0.25) is 9.59 Å². The van der Waals surface area contributed by atoms with Crippen LogP contribution in [-0.4, -0.2) is 33.8 Å². The topological polar surface area (TPSA) is 96.4 Å². The van der Waals surface area contributed by atoms with Crippen LogP contribution in [0.25, 0.3) is 21.8 Å². The molecule has 4 rings (SSSR count). The van der Waals surface area contributed by atoms with E-state index in [9.17, 15) is 19.5 Å². The van der Waals surface area contributed by atoms with Gasteiger partial charge in [-0.2, -0.15) is 0 Å². The number of amides is 1. The zero-order valence-corrected chi connectivity index (χ0v) is 15.2. The van der Waals surface area contributed by atoms with Gasteiger partial charge in [0.05, 0.1) is 16.6 Å². The number of benzene rings is 2. The number of hydrogen-bond donors (Lipinski definition) is 2. The minimum atomic E-state index is -1.12. The number of nitrogens with one attached hydrogen (secondary N) is 1. The number of fused-ring (bicyclic) bond motifs is 2. The molecule has 142 valence electrons. The van der Waals surface area contributed by atoms with E-state index < -0.39 is 17.9 Å². The molecular weight excluding hydrogens is 356 g/mol. The van der Waals surface area contributed by atoms with Crippen LogP contribution >= 0.6 is 0 Å². The van der Waals surface area contributed by atoms with Crippen LogP contribution < -0.4 is 5.32 Å². The van der Waals surface area contributed by atoms with Crippen LogP contribution in [0.15, 0.2) is 48.5 Å². The van der Waals surface area contributed by atoms with Gasteiger partial charge in [0.25, 0.3) is 5.91 Å². The molecule has 0 bridgehead atoms. The zero-order chi connectivity index (χ0) is 19.7. The Morgan fingerprint density at radius 1 is 1.04 bits per heavy atom. The van der Waals surface area contributed by atoms with Crippen LogP contribution in [0.4, 0.5) is 0 Å². The van der Waals surface area contributed by atoms with Gasteiger partial charge >= 0.3 is 5.97 Å². The van der Waals surface area contributed by atoms with Crippen LogP contribution in [0.5, 0.6) is 0 Å². The first kappa shape index (κ1) is 18.1. The van der Waals surface area contributed by atoms with Crippen molar-refractivity contribution in [2.75, 3.05) is 0 Å². The number of carboxylic acid groups (broad SMARTS) is 1. The SMILES string of the molecule is O=C1CCC[C@H]([C@@H](NC(=O)c2c3ccccc3nc3ccccc23)C(=O)O)C1. The average molecular weight is 376 g/mol. The molecule has 1 heterocycles. The summed E-state index contributed by atoms with van der Waals surface area (Å²) >= 11 is 0. The van der Waals surface area contributed by atoms with Crippen LogP contribution in [0.3, 0.4) is 0 Å². The highest BCUT2D eigenvalue weighted by Crippen LogP contribution is 2.28. The normalized spacial score (nSPS) is 18.1. The van der Waals surface area contributed by atoms with Gasteiger partial charge in [-0.25, -0.2) is 9.78 Å². The molecule has 1 aliphatic carbocycles. The molecule has 2 atom stereocenters. The standard InChI is InChI=1S/C22H20N2O4/c25-14-7-5-6-13(12-14)20(22(27)28)24-21(26)19-15-8-1-3-10-17(15)23-18-11-4-2-9-16(18)19/h1-4,8-11,13,20H,5-7,12H2,(H,24,26)(H,27,28)/t13-,20+/m0/s1. The number of rotatable bonds is 4. The number of aliphatic carboxylic acids is 1. The lowest BCUT2D eigenvalue weighted by atomic mass is 9.83. The van der Waals surface area contributed by atoms with Gasteiger partial charge in [0, 0.05) is 23.6 Å². The van der Waals surface area contributed by atoms with Gasteiger partial charge in [0.15, 0.2) is 0 Å². The molecule has 0 radical (unpaired) electrons. The number of pyridine rings is 1. The number of hydrogen-bond acceptors (Lipinski definition) is 4. The van der Waals surface area contributed by atoms with Crippen molar-refractivity contribution in [3.05, 3.63) is 54.1 Å². The van der Waals surface area contributed by atoms with Crippen molar-refractivity contribution in [2.24, 2.45) is 5.92 Å². The molecule has 0 unspecified atom stereocenters. The molecule has 6 heteroatoms. The Morgan fingerprint density at radius 2 is 1.64 bits per heavy atom. The van der Waals surface area contributed by atoms with E-state index in [0.29, 0.717) is 46.6 Å². The van der Waals surface area contributed by atoms with E-state index in [1.807, 2.05) is 48.5 Å². The number of carboxylic acids is 1. The highest BCUT2D eigenvalue weighted by Gasteiger charge is 2.34. The molecule has 1 saturated carbocycles. The minimum absolute atomic E-state index is 0.0524. The average Bonchev–Trinajstić information content (AvgIpc) is 2.69. The molecule has 1 fully saturated rings. The second-order valence-electron chi connectivity index (χ2n) is 7.21. The van der Waals surface area contributed by atoms with Gasteiger partial charge in [0.1, 0.15) is 11.8 Å². The van der Waals surface area contributed by atoms with Crippen LogP contribution in [-0.2, 0) is 9.59 Å². The predicted molar refractivity (Wildman–Crippen MR) is 105 cm³/mol. The molecule has 1 aromatic heterocycles. The maximum atomic E-state index is 13.2. The molecule has 1 aliphatic rings. The van der Waals surface area contributed by atoms with Crippen molar-refractivity contribution in [1.29, 1.82) is 0 Å². The first-order valence-electron chi connectivity index (χ1n) is 9.37. The van der Waals surface area contributed by atoms with Crippen LogP contribution in [0.1, 0.15) is 36.0 Å². The summed E-state index contributed by atoms with van der Waals surface area (Å²) in [5.41, 5.74) is 1.76. The summed E-state index contributed by atoms with van der Waals surface area (Å²) in [5.74, 6) is -1.91. The first-order chi connectivity index (χ1) is 13.5. The summed E-state index contributed by atoms with van der Waals surface area (Å²) in [5, 5.41) is 13.7.